The molecule has 0 aliphatic heterocycles. The van der Waals surface area contributed by atoms with E-state index in [4.69, 9.17) is 0 Å². The zero-order valence-electron chi connectivity index (χ0n) is 12.3. The molecule has 0 amide bonds. The second-order valence-electron chi connectivity index (χ2n) is 6.49. The topological polar surface area (TPSA) is 46.2 Å². The Morgan fingerprint density at radius 1 is 1.14 bits per heavy atom. The maximum Gasteiger partial charge on any atom is 0.250 e. The van der Waals surface area contributed by atoms with Gasteiger partial charge >= 0.3 is 0 Å². The molecule has 2 saturated carbocycles. The van der Waals surface area contributed by atoms with Crippen LogP contribution in [0.2, 0.25) is 0 Å². The molecular weight excluding hydrogens is 308 g/mol. The van der Waals surface area contributed by atoms with Crippen LogP contribution in [-0.2, 0) is 10.0 Å². The lowest BCUT2D eigenvalue weighted by molar-refractivity contribution is -0.0688. The molecule has 2 atom stereocenters. The lowest BCUT2D eigenvalue weighted by atomic mass is 9.89. The van der Waals surface area contributed by atoms with Gasteiger partial charge in [-0.15, -0.1) is 0 Å². The quantitative estimate of drug-likeness (QED) is 0.901. The summed E-state index contributed by atoms with van der Waals surface area (Å²) in [6, 6.07) is 10.1. The molecular formula is C16H21F2NO2S. The predicted octanol–water partition coefficient (Wildman–Crippen LogP) is 3.29. The summed E-state index contributed by atoms with van der Waals surface area (Å²) in [7, 11) is -3.62. The van der Waals surface area contributed by atoms with Crippen LogP contribution in [0.3, 0.4) is 0 Å². The van der Waals surface area contributed by atoms with Crippen LogP contribution < -0.4 is 4.72 Å². The Kier molecular flexibility index (Phi) is 4.25. The third-order valence-electron chi connectivity index (χ3n) is 4.92. The molecule has 2 unspecified atom stereocenters. The van der Waals surface area contributed by atoms with Crippen molar-refractivity contribution in [2.75, 3.05) is 6.54 Å². The highest BCUT2D eigenvalue weighted by molar-refractivity contribution is 7.90. The normalized spacial score (nSPS) is 28.5. The second-order valence-corrected chi connectivity index (χ2v) is 8.53. The van der Waals surface area contributed by atoms with Crippen LogP contribution in [0, 0.1) is 5.92 Å². The Bertz CT molecular complexity index is 610. The third-order valence-corrected chi connectivity index (χ3v) is 6.70. The summed E-state index contributed by atoms with van der Waals surface area (Å²) >= 11 is 0. The molecule has 1 aromatic rings. The van der Waals surface area contributed by atoms with Gasteiger partial charge in [0.15, 0.2) is 0 Å². The number of rotatable bonds is 5. The van der Waals surface area contributed by atoms with E-state index in [1.165, 1.54) is 5.56 Å². The Hall–Kier alpha value is -1.01. The third kappa shape index (κ3) is 3.33. The van der Waals surface area contributed by atoms with Gasteiger partial charge in [-0.3, -0.25) is 0 Å². The predicted molar refractivity (Wildman–Crippen MR) is 81.4 cm³/mol. The van der Waals surface area contributed by atoms with Crippen molar-refractivity contribution >= 4 is 10.0 Å². The molecule has 2 aliphatic carbocycles. The number of nitrogens with one attached hydrogen (secondary N) is 1. The molecule has 1 N–H and O–H groups in total. The van der Waals surface area contributed by atoms with Gasteiger partial charge in [-0.05, 0) is 30.2 Å². The van der Waals surface area contributed by atoms with Crippen LogP contribution in [0.4, 0.5) is 8.78 Å². The Labute approximate surface area is 130 Å². The average molecular weight is 329 g/mol. The zero-order valence-corrected chi connectivity index (χ0v) is 13.2. The summed E-state index contributed by atoms with van der Waals surface area (Å²) in [5, 5.41) is -0.931. The van der Waals surface area contributed by atoms with Gasteiger partial charge in [0.25, 0.3) is 5.92 Å². The second kappa shape index (κ2) is 5.89. The summed E-state index contributed by atoms with van der Waals surface area (Å²) in [5.74, 6) is -2.20. The van der Waals surface area contributed by atoms with Crippen LogP contribution in [0.15, 0.2) is 30.3 Å². The Morgan fingerprint density at radius 3 is 2.45 bits per heavy atom. The maximum atomic E-state index is 12.9. The van der Waals surface area contributed by atoms with Gasteiger partial charge in [0, 0.05) is 19.4 Å². The fourth-order valence-electron chi connectivity index (χ4n) is 3.59. The largest absolute Gasteiger partial charge is 0.250 e. The van der Waals surface area contributed by atoms with Gasteiger partial charge in [-0.1, -0.05) is 36.8 Å². The van der Waals surface area contributed by atoms with E-state index in [0.29, 0.717) is 12.5 Å². The van der Waals surface area contributed by atoms with Crippen LogP contribution in [0.1, 0.15) is 43.6 Å². The van der Waals surface area contributed by atoms with Crippen molar-refractivity contribution in [2.24, 2.45) is 5.92 Å². The molecule has 0 aromatic heterocycles. The Balaban J connectivity index is 1.59. The first kappa shape index (κ1) is 15.9. The van der Waals surface area contributed by atoms with Crippen molar-refractivity contribution in [3.63, 3.8) is 0 Å². The van der Waals surface area contributed by atoms with Gasteiger partial charge in [0.2, 0.25) is 10.0 Å². The number of benzene rings is 1. The molecule has 122 valence electrons. The first-order chi connectivity index (χ1) is 10.4. The van der Waals surface area contributed by atoms with Crippen LogP contribution in [0.25, 0.3) is 0 Å². The summed E-state index contributed by atoms with van der Waals surface area (Å²) in [6.45, 7) is 0.351. The molecule has 0 spiro atoms. The van der Waals surface area contributed by atoms with E-state index in [1.807, 2.05) is 18.2 Å². The van der Waals surface area contributed by atoms with Crippen LogP contribution in [-0.4, -0.2) is 26.1 Å². The number of alkyl halides is 2. The molecule has 3 nitrogen and oxygen atoms in total. The van der Waals surface area contributed by atoms with E-state index >= 15 is 0 Å². The minimum atomic E-state index is -3.62. The molecule has 0 heterocycles. The summed E-state index contributed by atoms with van der Waals surface area (Å²) < 4.78 is 52.4. The van der Waals surface area contributed by atoms with Crippen molar-refractivity contribution in [3.8, 4) is 0 Å². The SMILES string of the molecule is O=S(=O)(NCC1CCCC1c1ccccc1)C1CC(F)(F)C1. The van der Waals surface area contributed by atoms with E-state index in [1.54, 1.807) is 0 Å². The van der Waals surface area contributed by atoms with Gasteiger partial charge in [0.1, 0.15) is 0 Å². The smallest absolute Gasteiger partial charge is 0.215 e. The number of hydrogen-bond donors (Lipinski definition) is 1. The van der Waals surface area contributed by atoms with Crippen LogP contribution >= 0.6 is 0 Å². The highest BCUT2D eigenvalue weighted by Gasteiger charge is 2.51. The van der Waals surface area contributed by atoms with E-state index in [0.717, 1.165) is 19.3 Å². The minimum Gasteiger partial charge on any atom is -0.215 e. The molecule has 0 radical (unpaired) electrons. The molecule has 22 heavy (non-hydrogen) atoms. The first-order valence-corrected chi connectivity index (χ1v) is 9.33. The standard InChI is InChI=1S/C16H21F2NO2S/c17-16(18)9-14(10-16)22(20,21)19-11-13-7-4-8-15(13)12-5-2-1-3-6-12/h1-3,5-6,13-15,19H,4,7-11H2. The lowest BCUT2D eigenvalue weighted by Crippen LogP contribution is -2.49. The van der Waals surface area contributed by atoms with E-state index in [2.05, 4.69) is 16.9 Å². The molecule has 1 aromatic carbocycles. The molecule has 2 fully saturated rings. The van der Waals surface area contributed by atoms with Crippen molar-refractivity contribution in [1.29, 1.82) is 0 Å². The Morgan fingerprint density at radius 2 is 1.82 bits per heavy atom. The van der Waals surface area contributed by atoms with E-state index < -0.39 is 34.0 Å². The summed E-state index contributed by atoms with van der Waals surface area (Å²) in [6.07, 6.45) is 2.01. The molecule has 3 rings (SSSR count). The van der Waals surface area contributed by atoms with Gasteiger partial charge in [0.05, 0.1) is 5.25 Å². The number of hydrogen-bond acceptors (Lipinski definition) is 2. The summed E-state index contributed by atoms with van der Waals surface area (Å²) in [5.41, 5.74) is 1.24. The first-order valence-electron chi connectivity index (χ1n) is 7.79. The van der Waals surface area contributed by atoms with E-state index in [9.17, 15) is 17.2 Å². The zero-order chi connectivity index (χ0) is 15.8. The maximum absolute atomic E-state index is 12.9. The van der Waals surface area contributed by atoms with E-state index in [-0.39, 0.29) is 5.92 Å². The highest BCUT2D eigenvalue weighted by atomic mass is 32.2. The summed E-state index contributed by atoms with van der Waals surface area (Å²) in [4.78, 5) is 0. The fraction of sp³-hybridized carbons (Fsp3) is 0.625. The fourth-order valence-corrected chi connectivity index (χ4v) is 5.20. The van der Waals surface area contributed by atoms with Crippen molar-refractivity contribution in [1.82, 2.24) is 4.72 Å². The average Bonchev–Trinajstić information content (AvgIpc) is 2.92. The van der Waals surface area contributed by atoms with Gasteiger partial charge in [-0.25, -0.2) is 21.9 Å². The van der Waals surface area contributed by atoms with Crippen molar-refractivity contribution < 1.29 is 17.2 Å². The molecule has 6 heteroatoms. The minimum absolute atomic E-state index is 0.248. The number of halogens is 2. The molecule has 2 aliphatic rings. The van der Waals surface area contributed by atoms with Gasteiger partial charge < -0.3 is 0 Å². The molecule has 0 bridgehead atoms. The monoisotopic (exact) mass is 329 g/mol. The van der Waals surface area contributed by atoms with Gasteiger partial charge in [-0.2, -0.15) is 0 Å². The van der Waals surface area contributed by atoms with Crippen LogP contribution in [0.5, 0.6) is 0 Å². The molecule has 0 saturated heterocycles. The number of sulfonamides is 1. The highest BCUT2D eigenvalue weighted by Crippen LogP contribution is 2.42. The van der Waals surface area contributed by atoms with Crippen molar-refractivity contribution in [2.45, 2.75) is 49.2 Å². The lowest BCUT2D eigenvalue weighted by Gasteiger charge is -2.34. The van der Waals surface area contributed by atoms with Crippen molar-refractivity contribution in [3.05, 3.63) is 35.9 Å².